The maximum Gasteiger partial charge on any atom is 0.170 e. The van der Waals surface area contributed by atoms with Crippen LogP contribution in [0.1, 0.15) is 55.1 Å². The molecule has 2 N–H and O–H groups in total. The van der Waals surface area contributed by atoms with E-state index in [2.05, 4.69) is 0 Å². The van der Waals surface area contributed by atoms with E-state index in [1.807, 2.05) is 13.8 Å². The Bertz CT molecular complexity index is 591. The molecule has 2 rings (SSSR count). The molecule has 0 heterocycles. The Hall–Kier alpha value is -1.88. The second-order valence-corrected chi connectivity index (χ2v) is 6.23. The van der Waals surface area contributed by atoms with E-state index < -0.39 is 12.0 Å². The van der Waals surface area contributed by atoms with Crippen molar-refractivity contribution in [3.8, 4) is 11.5 Å². The van der Waals surface area contributed by atoms with Gasteiger partial charge in [-0.1, -0.05) is 13.8 Å². The minimum Gasteiger partial charge on any atom is -0.507 e. The topological polar surface area (TPSA) is 83.8 Å². The number of ether oxygens (including phenoxy) is 1. The number of fused-ring (bicyclic) bond motifs is 1. The summed E-state index contributed by atoms with van der Waals surface area (Å²) in [5.41, 5.74) is 0.403. The normalized spacial score (nSPS) is 20.9. The monoisotopic (exact) mass is 306 g/mol. The van der Waals surface area contributed by atoms with Gasteiger partial charge in [-0.15, -0.1) is 0 Å². The van der Waals surface area contributed by atoms with Crippen LogP contribution >= 0.6 is 0 Å². The second kappa shape index (κ2) is 6.48. The van der Waals surface area contributed by atoms with Crippen molar-refractivity contribution in [3.05, 3.63) is 23.3 Å². The number of aliphatic hydroxyl groups is 1. The quantitative estimate of drug-likeness (QED) is 0.873. The molecule has 0 bridgehead atoms. The summed E-state index contributed by atoms with van der Waals surface area (Å²) in [5, 5.41) is 20.3. The third-order valence-corrected chi connectivity index (χ3v) is 3.97. The van der Waals surface area contributed by atoms with Crippen molar-refractivity contribution in [2.45, 2.75) is 39.2 Å². The Morgan fingerprint density at radius 3 is 2.68 bits per heavy atom. The standard InChI is InChI=1S/C17H22O5/c1-9(2)6-11(18)7-10-8-13(20)15-14(22-3)5-4-12(19)16(15)17(10)21/h4-5,9-10,13,19-20H,6-8H2,1-3H3/t10-,13-/m1/s1. The average Bonchev–Trinajstić information content (AvgIpc) is 2.43. The van der Waals surface area contributed by atoms with Gasteiger partial charge in [0, 0.05) is 24.3 Å². The van der Waals surface area contributed by atoms with Crippen LogP contribution in [0.15, 0.2) is 12.1 Å². The number of aliphatic hydroxyl groups excluding tert-OH is 1. The highest BCUT2D eigenvalue weighted by Gasteiger charge is 2.37. The maximum atomic E-state index is 12.6. The summed E-state index contributed by atoms with van der Waals surface area (Å²) in [6.07, 6.45) is -0.234. The molecule has 0 saturated heterocycles. The fourth-order valence-corrected chi connectivity index (χ4v) is 3.04. The number of hydrogen-bond acceptors (Lipinski definition) is 5. The van der Waals surface area contributed by atoms with Gasteiger partial charge in [-0.05, 0) is 24.5 Å². The van der Waals surface area contributed by atoms with Gasteiger partial charge in [-0.2, -0.15) is 0 Å². The SMILES string of the molecule is COc1ccc(O)c2c1[C@H](O)C[C@@H](CC(=O)CC(C)C)C2=O. The van der Waals surface area contributed by atoms with E-state index in [1.54, 1.807) is 0 Å². The van der Waals surface area contributed by atoms with Gasteiger partial charge in [-0.25, -0.2) is 0 Å². The van der Waals surface area contributed by atoms with Crippen molar-refractivity contribution >= 4 is 11.6 Å². The first-order valence-corrected chi connectivity index (χ1v) is 7.49. The molecular formula is C17H22O5. The van der Waals surface area contributed by atoms with E-state index in [4.69, 9.17) is 4.74 Å². The predicted octanol–water partition coefficient (Wildman–Crippen LogP) is 2.64. The van der Waals surface area contributed by atoms with Crippen LogP contribution in [0.5, 0.6) is 11.5 Å². The van der Waals surface area contributed by atoms with Crippen molar-refractivity contribution in [2.24, 2.45) is 11.8 Å². The molecule has 0 amide bonds. The lowest BCUT2D eigenvalue weighted by Crippen LogP contribution is -2.28. The molecule has 1 aliphatic rings. The number of phenols is 1. The summed E-state index contributed by atoms with van der Waals surface area (Å²) in [7, 11) is 1.45. The molecule has 0 aliphatic heterocycles. The fraction of sp³-hybridized carbons (Fsp3) is 0.529. The second-order valence-electron chi connectivity index (χ2n) is 6.23. The molecule has 0 unspecified atom stereocenters. The summed E-state index contributed by atoms with van der Waals surface area (Å²) in [6, 6.07) is 2.90. The smallest absolute Gasteiger partial charge is 0.170 e. The van der Waals surface area contributed by atoms with Crippen LogP contribution in [0, 0.1) is 11.8 Å². The van der Waals surface area contributed by atoms with Crippen LogP contribution in [-0.4, -0.2) is 28.9 Å². The zero-order valence-corrected chi connectivity index (χ0v) is 13.1. The van der Waals surface area contributed by atoms with Crippen LogP contribution < -0.4 is 4.74 Å². The summed E-state index contributed by atoms with van der Waals surface area (Å²) in [5.74, 6) is -0.453. The highest BCUT2D eigenvalue weighted by atomic mass is 16.5. The van der Waals surface area contributed by atoms with Gasteiger partial charge >= 0.3 is 0 Å². The van der Waals surface area contributed by atoms with Crippen LogP contribution in [0.25, 0.3) is 0 Å². The van der Waals surface area contributed by atoms with E-state index >= 15 is 0 Å². The zero-order chi connectivity index (χ0) is 16.4. The molecule has 5 nitrogen and oxygen atoms in total. The third-order valence-electron chi connectivity index (χ3n) is 3.97. The van der Waals surface area contributed by atoms with E-state index in [-0.39, 0.29) is 41.6 Å². The summed E-state index contributed by atoms with van der Waals surface area (Å²) >= 11 is 0. The van der Waals surface area contributed by atoms with E-state index in [9.17, 15) is 19.8 Å². The van der Waals surface area contributed by atoms with Gasteiger partial charge < -0.3 is 14.9 Å². The number of carbonyl (C=O) groups excluding carboxylic acids is 2. The molecule has 0 fully saturated rings. The highest BCUT2D eigenvalue weighted by molar-refractivity contribution is 6.05. The Balaban J connectivity index is 2.32. The molecule has 0 saturated carbocycles. The largest absolute Gasteiger partial charge is 0.507 e. The predicted molar refractivity (Wildman–Crippen MR) is 81.1 cm³/mol. The van der Waals surface area contributed by atoms with Crippen LogP contribution in [-0.2, 0) is 4.79 Å². The van der Waals surface area contributed by atoms with Gasteiger partial charge in [0.05, 0.1) is 18.8 Å². The number of phenolic OH excluding ortho intramolecular Hbond substituents is 1. The molecule has 120 valence electrons. The summed E-state index contributed by atoms with van der Waals surface area (Å²) < 4.78 is 5.17. The Morgan fingerprint density at radius 1 is 1.41 bits per heavy atom. The lowest BCUT2D eigenvalue weighted by atomic mass is 9.77. The molecule has 2 atom stereocenters. The first-order valence-electron chi connectivity index (χ1n) is 7.49. The van der Waals surface area contributed by atoms with Gasteiger partial charge in [-0.3, -0.25) is 9.59 Å². The summed E-state index contributed by atoms with van der Waals surface area (Å²) in [4.78, 5) is 24.6. The van der Waals surface area contributed by atoms with Gasteiger partial charge in [0.1, 0.15) is 17.3 Å². The molecule has 1 aliphatic carbocycles. The molecular weight excluding hydrogens is 284 g/mol. The van der Waals surface area contributed by atoms with Gasteiger partial charge in [0.2, 0.25) is 0 Å². The zero-order valence-electron chi connectivity index (χ0n) is 13.1. The Morgan fingerprint density at radius 2 is 2.09 bits per heavy atom. The van der Waals surface area contributed by atoms with Crippen molar-refractivity contribution < 1.29 is 24.5 Å². The minimum atomic E-state index is -0.924. The number of methoxy groups -OCH3 is 1. The van der Waals surface area contributed by atoms with Crippen LogP contribution in [0.2, 0.25) is 0 Å². The molecule has 0 spiro atoms. The van der Waals surface area contributed by atoms with Gasteiger partial charge in [0.25, 0.3) is 0 Å². The number of carbonyl (C=O) groups is 2. The lowest BCUT2D eigenvalue weighted by molar-refractivity contribution is -0.120. The number of hydrogen-bond donors (Lipinski definition) is 2. The van der Waals surface area contributed by atoms with Gasteiger partial charge in [0.15, 0.2) is 5.78 Å². The van der Waals surface area contributed by atoms with Crippen LogP contribution in [0.4, 0.5) is 0 Å². The van der Waals surface area contributed by atoms with E-state index in [0.717, 1.165) is 0 Å². The molecule has 1 aromatic rings. The number of Topliss-reactive ketones (excluding diaryl/α,β-unsaturated/α-hetero) is 2. The maximum absolute atomic E-state index is 12.6. The minimum absolute atomic E-state index is 0.00591. The van der Waals surface area contributed by atoms with Crippen molar-refractivity contribution in [3.63, 3.8) is 0 Å². The summed E-state index contributed by atoms with van der Waals surface area (Å²) in [6.45, 7) is 3.89. The van der Waals surface area contributed by atoms with E-state index in [0.29, 0.717) is 17.7 Å². The van der Waals surface area contributed by atoms with Crippen molar-refractivity contribution in [1.82, 2.24) is 0 Å². The Kier molecular flexibility index (Phi) is 4.86. The molecule has 5 heteroatoms. The molecule has 22 heavy (non-hydrogen) atoms. The fourth-order valence-electron chi connectivity index (χ4n) is 3.04. The van der Waals surface area contributed by atoms with Crippen molar-refractivity contribution in [1.29, 1.82) is 0 Å². The van der Waals surface area contributed by atoms with Crippen molar-refractivity contribution in [2.75, 3.05) is 7.11 Å². The number of ketones is 2. The first kappa shape index (κ1) is 16.5. The molecule has 1 aromatic carbocycles. The number of rotatable bonds is 5. The number of aromatic hydroxyl groups is 1. The number of benzene rings is 1. The Labute approximate surface area is 129 Å². The first-order chi connectivity index (χ1) is 10.3. The highest BCUT2D eigenvalue weighted by Crippen LogP contribution is 2.43. The molecule has 0 radical (unpaired) electrons. The van der Waals surface area contributed by atoms with Crippen LogP contribution in [0.3, 0.4) is 0 Å². The molecule has 0 aromatic heterocycles. The third kappa shape index (κ3) is 3.14. The van der Waals surface area contributed by atoms with E-state index in [1.165, 1.54) is 19.2 Å². The average molecular weight is 306 g/mol. The lowest BCUT2D eigenvalue weighted by Gasteiger charge is -2.29.